The normalized spacial score (nSPS) is 15.3. The largest absolute Gasteiger partial charge is 0.380 e. The summed E-state index contributed by atoms with van der Waals surface area (Å²) in [4.78, 5) is 6.32. The highest BCUT2D eigenvalue weighted by Crippen LogP contribution is 2.26. The zero-order chi connectivity index (χ0) is 8.55. The van der Waals surface area contributed by atoms with Crippen molar-refractivity contribution in [3.8, 4) is 0 Å². The van der Waals surface area contributed by atoms with Crippen LogP contribution in [0.1, 0.15) is 0 Å². The number of nitrogens with zero attached hydrogens (tertiary/aromatic N) is 2. The van der Waals surface area contributed by atoms with E-state index in [2.05, 4.69) is 15.2 Å². The van der Waals surface area contributed by atoms with Gasteiger partial charge in [-0.2, -0.15) is 0 Å². The molecular weight excluding hydrogens is 174 g/mol. The van der Waals surface area contributed by atoms with Gasteiger partial charge in [0, 0.05) is 20.1 Å². The van der Waals surface area contributed by atoms with E-state index in [1.165, 1.54) is 0 Å². The summed E-state index contributed by atoms with van der Waals surface area (Å²) >= 11 is 5.78. The number of likely N-dealkylation sites (N-methyl/N-ethyl adjacent to an activating group) is 1. The van der Waals surface area contributed by atoms with Crippen molar-refractivity contribution in [3.05, 3.63) is 17.3 Å². The van der Waals surface area contributed by atoms with E-state index in [1.807, 2.05) is 13.1 Å². The van der Waals surface area contributed by atoms with Gasteiger partial charge in [0.15, 0.2) is 5.82 Å². The predicted octanol–water partition coefficient (Wildman–Crippen LogP) is 1.60. The number of halogens is 1. The van der Waals surface area contributed by atoms with Crippen LogP contribution in [-0.4, -0.2) is 25.1 Å². The third-order valence-electron chi connectivity index (χ3n) is 1.97. The molecule has 0 amide bonds. The number of nitrogens with one attached hydrogen (secondary N) is 1. The fraction of sp³-hybridized carbons (Fsp3) is 0.375. The Morgan fingerprint density at radius 1 is 1.58 bits per heavy atom. The second-order valence-electron chi connectivity index (χ2n) is 2.85. The molecule has 0 aromatic carbocycles. The van der Waals surface area contributed by atoms with Crippen LogP contribution in [0.15, 0.2) is 12.1 Å². The molecule has 1 aromatic heterocycles. The van der Waals surface area contributed by atoms with E-state index in [-0.39, 0.29) is 0 Å². The second kappa shape index (κ2) is 2.83. The minimum absolute atomic E-state index is 0.546. The van der Waals surface area contributed by atoms with Crippen LogP contribution in [0.2, 0.25) is 5.15 Å². The van der Waals surface area contributed by atoms with Crippen molar-refractivity contribution >= 4 is 23.1 Å². The molecule has 0 atom stereocenters. The van der Waals surface area contributed by atoms with Gasteiger partial charge in [0.25, 0.3) is 0 Å². The molecule has 1 aliphatic heterocycles. The van der Waals surface area contributed by atoms with E-state index in [4.69, 9.17) is 11.6 Å². The highest BCUT2D eigenvalue weighted by Gasteiger charge is 2.13. The summed E-state index contributed by atoms with van der Waals surface area (Å²) in [6, 6.07) is 3.76. The zero-order valence-electron chi connectivity index (χ0n) is 6.84. The lowest BCUT2D eigenvalue weighted by atomic mass is 10.3. The molecule has 0 unspecified atom stereocenters. The minimum Gasteiger partial charge on any atom is -0.380 e. The number of anilines is 2. The zero-order valence-corrected chi connectivity index (χ0v) is 7.60. The van der Waals surface area contributed by atoms with Crippen LogP contribution in [0.4, 0.5) is 11.5 Å². The summed E-state index contributed by atoms with van der Waals surface area (Å²) in [7, 11) is 2.02. The number of hydrogen-bond donors (Lipinski definition) is 1. The summed E-state index contributed by atoms with van der Waals surface area (Å²) in [5, 5.41) is 3.80. The van der Waals surface area contributed by atoms with E-state index in [0.29, 0.717) is 5.15 Å². The van der Waals surface area contributed by atoms with Crippen molar-refractivity contribution in [2.75, 3.05) is 30.4 Å². The van der Waals surface area contributed by atoms with Crippen LogP contribution in [-0.2, 0) is 0 Å². The van der Waals surface area contributed by atoms with E-state index in [9.17, 15) is 0 Å². The monoisotopic (exact) mass is 183 g/mol. The van der Waals surface area contributed by atoms with Crippen LogP contribution < -0.4 is 10.2 Å². The highest BCUT2D eigenvalue weighted by atomic mass is 35.5. The van der Waals surface area contributed by atoms with Gasteiger partial charge in [0.1, 0.15) is 5.15 Å². The molecule has 0 fully saturated rings. The molecule has 0 radical (unpaired) electrons. The number of fused-ring (bicyclic) bond motifs is 1. The molecule has 0 aliphatic carbocycles. The van der Waals surface area contributed by atoms with Crippen molar-refractivity contribution in [1.29, 1.82) is 0 Å². The number of rotatable bonds is 0. The van der Waals surface area contributed by atoms with Gasteiger partial charge in [-0.05, 0) is 12.1 Å². The highest BCUT2D eigenvalue weighted by molar-refractivity contribution is 6.29. The molecular formula is C8H10ClN3. The molecule has 0 saturated carbocycles. The topological polar surface area (TPSA) is 28.2 Å². The van der Waals surface area contributed by atoms with E-state index < -0.39 is 0 Å². The van der Waals surface area contributed by atoms with E-state index >= 15 is 0 Å². The molecule has 2 heterocycles. The Morgan fingerprint density at radius 2 is 2.42 bits per heavy atom. The minimum atomic E-state index is 0.546. The molecule has 1 aliphatic rings. The SMILES string of the molecule is CN1CCNc2ccc(Cl)nc21. The lowest BCUT2D eigenvalue weighted by Crippen LogP contribution is -2.31. The quantitative estimate of drug-likeness (QED) is 0.620. The molecule has 4 heteroatoms. The van der Waals surface area contributed by atoms with E-state index in [1.54, 1.807) is 6.07 Å². The maximum atomic E-state index is 5.78. The molecule has 64 valence electrons. The van der Waals surface area contributed by atoms with Gasteiger partial charge in [0.05, 0.1) is 5.69 Å². The van der Waals surface area contributed by atoms with Crippen LogP contribution in [0.3, 0.4) is 0 Å². The molecule has 0 bridgehead atoms. The maximum Gasteiger partial charge on any atom is 0.153 e. The van der Waals surface area contributed by atoms with Gasteiger partial charge in [-0.3, -0.25) is 0 Å². The number of pyridine rings is 1. The van der Waals surface area contributed by atoms with Crippen molar-refractivity contribution in [2.45, 2.75) is 0 Å². The Labute approximate surface area is 76.4 Å². The molecule has 2 rings (SSSR count). The lowest BCUT2D eigenvalue weighted by molar-refractivity contribution is 0.864. The van der Waals surface area contributed by atoms with Gasteiger partial charge >= 0.3 is 0 Å². The average molecular weight is 184 g/mol. The molecule has 1 N–H and O–H groups in total. The summed E-state index contributed by atoms with van der Waals surface area (Å²) < 4.78 is 0. The van der Waals surface area contributed by atoms with Crippen molar-refractivity contribution in [1.82, 2.24) is 4.98 Å². The van der Waals surface area contributed by atoms with Crippen LogP contribution in [0, 0.1) is 0 Å². The molecule has 1 aromatic rings. The first-order valence-electron chi connectivity index (χ1n) is 3.89. The van der Waals surface area contributed by atoms with Gasteiger partial charge in [-0.1, -0.05) is 11.6 Å². The average Bonchev–Trinajstić information content (AvgIpc) is 2.07. The van der Waals surface area contributed by atoms with Gasteiger partial charge in [-0.15, -0.1) is 0 Å². The van der Waals surface area contributed by atoms with Crippen LogP contribution >= 0.6 is 11.6 Å². The molecule has 12 heavy (non-hydrogen) atoms. The first-order valence-corrected chi connectivity index (χ1v) is 4.27. The smallest absolute Gasteiger partial charge is 0.153 e. The fourth-order valence-corrected chi connectivity index (χ4v) is 1.46. The van der Waals surface area contributed by atoms with Gasteiger partial charge < -0.3 is 10.2 Å². The summed E-state index contributed by atoms with van der Waals surface area (Å²) in [6.45, 7) is 1.94. The van der Waals surface area contributed by atoms with E-state index in [0.717, 1.165) is 24.6 Å². The Morgan fingerprint density at radius 3 is 3.25 bits per heavy atom. The first kappa shape index (κ1) is 7.68. The lowest BCUT2D eigenvalue weighted by Gasteiger charge is -2.27. The Bertz CT molecular complexity index is 300. The second-order valence-corrected chi connectivity index (χ2v) is 3.24. The third kappa shape index (κ3) is 1.20. The molecule has 3 nitrogen and oxygen atoms in total. The van der Waals surface area contributed by atoms with Crippen molar-refractivity contribution < 1.29 is 0 Å². The first-order chi connectivity index (χ1) is 5.77. The number of aromatic nitrogens is 1. The molecule has 0 saturated heterocycles. The van der Waals surface area contributed by atoms with Crippen LogP contribution in [0.25, 0.3) is 0 Å². The molecule has 0 spiro atoms. The predicted molar refractivity (Wildman–Crippen MR) is 51.0 cm³/mol. The fourth-order valence-electron chi connectivity index (χ4n) is 1.32. The van der Waals surface area contributed by atoms with Gasteiger partial charge in [0.2, 0.25) is 0 Å². The maximum absolute atomic E-state index is 5.78. The van der Waals surface area contributed by atoms with Crippen LogP contribution in [0.5, 0.6) is 0 Å². The summed E-state index contributed by atoms with van der Waals surface area (Å²) in [6.07, 6.45) is 0. The van der Waals surface area contributed by atoms with Crippen molar-refractivity contribution in [3.63, 3.8) is 0 Å². The number of hydrogen-bond acceptors (Lipinski definition) is 3. The Hall–Kier alpha value is -0.960. The Kier molecular flexibility index (Phi) is 1.81. The van der Waals surface area contributed by atoms with Crippen molar-refractivity contribution in [2.24, 2.45) is 0 Å². The third-order valence-corrected chi connectivity index (χ3v) is 2.18. The Balaban J connectivity index is 2.47. The standard InChI is InChI=1S/C8H10ClN3/c1-12-5-4-10-6-2-3-7(9)11-8(6)12/h2-3,10H,4-5H2,1H3. The summed E-state index contributed by atoms with van der Waals surface area (Å²) in [5.41, 5.74) is 1.06. The van der Waals surface area contributed by atoms with Gasteiger partial charge in [-0.25, -0.2) is 4.98 Å². The summed E-state index contributed by atoms with van der Waals surface area (Å²) in [5.74, 6) is 0.939.